The van der Waals surface area contributed by atoms with Crippen molar-refractivity contribution in [3.63, 3.8) is 0 Å². The number of nitrogens with one attached hydrogen (secondary N) is 2. The van der Waals surface area contributed by atoms with Gasteiger partial charge in [0.15, 0.2) is 17.3 Å². The van der Waals surface area contributed by atoms with Gasteiger partial charge in [0.05, 0.1) is 31.3 Å². The fraction of sp³-hybridized carbons (Fsp3) is 0.429. The third-order valence-corrected chi connectivity index (χ3v) is 4.72. The highest BCUT2D eigenvalue weighted by molar-refractivity contribution is 6.01. The summed E-state index contributed by atoms with van der Waals surface area (Å²) < 4.78 is 21.0. The number of hydrogen-bond donors (Lipinski definition) is 2. The minimum Gasteiger partial charge on any atom is -0.493 e. The number of nitro benzene ring substituents is 1. The molecule has 1 aromatic heterocycles. The zero-order chi connectivity index (χ0) is 24.4. The van der Waals surface area contributed by atoms with Crippen molar-refractivity contribution in [1.82, 2.24) is 15.8 Å². The first-order chi connectivity index (χ1) is 15.8. The lowest BCUT2D eigenvalue weighted by molar-refractivity contribution is -0.385. The highest BCUT2D eigenvalue weighted by Crippen LogP contribution is 2.34. The molecule has 180 valence electrons. The summed E-state index contributed by atoms with van der Waals surface area (Å²) in [6.45, 7) is 6.61. The van der Waals surface area contributed by atoms with Gasteiger partial charge in [-0.25, -0.2) is 0 Å². The van der Waals surface area contributed by atoms with Gasteiger partial charge in [0, 0.05) is 13.2 Å². The van der Waals surface area contributed by atoms with E-state index in [1.54, 1.807) is 6.07 Å². The number of carbonyl (C=O) groups excluding carboxylic acids is 2. The topological polar surface area (TPSA) is 145 Å². The van der Waals surface area contributed by atoms with Crippen molar-refractivity contribution >= 4 is 17.5 Å². The summed E-state index contributed by atoms with van der Waals surface area (Å²) in [4.78, 5) is 37.8. The van der Waals surface area contributed by atoms with Gasteiger partial charge in [-0.15, -0.1) is 0 Å². The molecule has 0 aliphatic heterocycles. The minimum atomic E-state index is -0.910. The molecule has 2 N–H and O–H groups in total. The number of furan rings is 1. The molecule has 33 heavy (non-hydrogen) atoms. The molecule has 1 heterocycles. The number of carbonyl (C=O) groups is 2. The van der Waals surface area contributed by atoms with Crippen LogP contribution in [0.15, 0.2) is 28.7 Å². The first-order valence-corrected chi connectivity index (χ1v) is 10.2. The lowest BCUT2D eigenvalue weighted by Gasteiger charge is -2.15. The minimum absolute atomic E-state index is 0.00794. The van der Waals surface area contributed by atoms with E-state index in [9.17, 15) is 19.7 Å². The monoisotopic (exact) mass is 464 g/mol. The van der Waals surface area contributed by atoms with Crippen LogP contribution in [-0.4, -0.2) is 62.2 Å². The fourth-order valence-electron chi connectivity index (χ4n) is 2.88. The Morgan fingerprint density at radius 1 is 1.06 bits per heavy atom. The molecule has 0 bridgehead atoms. The van der Waals surface area contributed by atoms with Gasteiger partial charge >= 0.3 is 5.91 Å². The SMILES string of the molecule is CCN(CC)Cc1ccc(C(=O)NNC(=O)c2cc(OC)c(OCCOC)cc2[N+](=O)[O-])o1. The number of ether oxygens (including phenoxy) is 3. The highest BCUT2D eigenvalue weighted by atomic mass is 16.6. The molecular formula is C21H28N4O8. The molecule has 0 spiro atoms. The number of hydrogen-bond acceptors (Lipinski definition) is 9. The van der Waals surface area contributed by atoms with E-state index in [0.717, 1.165) is 25.2 Å². The van der Waals surface area contributed by atoms with Crippen LogP contribution in [0.25, 0.3) is 0 Å². The molecule has 12 heteroatoms. The number of nitrogens with zero attached hydrogens (tertiary/aromatic N) is 2. The first-order valence-electron chi connectivity index (χ1n) is 10.2. The molecule has 2 rings (SSSR count). The predicted octanol–water partition coefficient (Wildman–Crippen LogP) is 2.14. The van der Waals surface area contributed by atoms with E-state index in [2.05, 4.69) is 15.8 Å². The summed E-state index contributed by atoms with van der Waals surface area (Å²) in [7, 11) is 2.82. The summed E-state index contributed by atoms with van der Waals surface area (Å²) >= 11 is 0. The second-order valence-electron chi connectivity index (χ2n) is 6.75. The smallest absolute Gasteiger partial charge is 0.305 e. The molecular weight excluding hydrogens is 436 g/mol. The van der Waals surface area contributed by atoms with E-state index in [1.165, 1.54) is 20.3 Å². The molecule has 0 fully saturated rings. The zero-order valence-corrected chi connectivity index (χ0v) is 19.0. The molecule has 0 atom stereocenters. The normalized spacial score (nSPS) is 10.7. The van der Waals surface area contributed by atoms with Crippen molar-refractivity contribution in [3.05, 3.63) is 51.5 Å². The van der Waals surface area contributed by atoms with Crippen LogP contribution in [0.5, 0.6) is 11.5 Å². The average Bonchev–Trinajstić information content (AvgIpc) is 3.29. The van der Waals surface area contributed by atoms with Crippen LogP contribution in [0.1, 0.15) is 40.5 Å². The lowest BCUT2D eigenvalue weighted by Crippen LogP contribution is -2.41. The molecule has 0 aliphatic carbocycles. The van der Waals surface area contributed by atoms with Crippen molar-refractivity contribution in [3.8, 4) is 11.5 Å². The van der Waals surface area contributed by atoms with Crippen LogP contribution >= 0.6 is 0 Å². The van der Waals surface area contributed by atoms with Crippen LogP contribution in [0.2, 0.25) is 0 Å². The number of amides is 2. The average molecular weight is 464 g/mol. The van der Waals surface area contributed by atoms with Crippen LogP contribution in [0, 0.1) is 10.1 Å². The number of hydrazine groups is 1. The zero-order valence-electron chi connectivity index (χ0n) is 19.0. The summed E-state index contributed by atoms with van der Waals surface area (Å²) in [5, 5.41) is 11.5. The van der Waals surface area contributed by atoms with E-state index >= 15 is 0 Å². The maximum absolute atomic E-state index is 12.6. The maximum Gasteiger partial charge on any atom is 0.305 e. The van der Waals surface area contributed by atoms with Crippen molar-refractivity contribution in [2.24, 2.45) is 0 Å². The van der Waals surface area contributed by atoms with Gasteiger partial charge < -0.3 is 18.6 Å². The molecule has 2 aromatic rings. The third kappa shape index (κ3) is 6.92. The van der Waals surface area contributed by atoms with E-state index in [1.807, 2.05) is 13.8 Å². The van der Waals surface area contributed by atoms with Crippen molar-refractivity contribution in [2.75, 3.05) is 40.5 Å². The van der Waals surface area contributed by atoms with Gasteiger partial charge in [-0.3, -0.25) is 35.5 Å². The Bertz CT molecular complexity index is 971. The van der Waals surface area contributed by atoms with E-state index in [4.69, 9.17) is 18.6 Å². The van der Waals surface area contributed by atoms with E-state index < -0.39 is 22.4 Å². The number of benzene rings is 1. The van der Waals surface area contributed by atoms with Gasteiger partial charge in [-0.2, -0.15) is 0 Å². The molecule has 12 nitrogen and oxygen atoms in total. The lowest BCUT2D eigenvalue weighted by atomic mass is 10.1. The largest absolute Gasteiger partial charge is 0.493 e. The van der Waals surface area contributed by atoms with Gasteiger partial charge in [-0.05, 0) is 25.2 Å². The van der Waals surface area contributed by atoms with E-state index in [-0.39, 0.29) is 36.0 Å². The predicted molar refractivity (Wildman–Crippen MR) is 117 cm³/mol. The summed E-state index contributed by atoms with van der Waals surface area (Å²) in [5.41, 5.74) is 3.51. The Balaban J connectivity index is 2.12. The van der Waals surface area contributed by atoms with Crippen molar-refractivity contribution in [2.45, 2.75) is 20.4 Å². The molecule has 2 amide bonds. The highest BCUT2D eigenvalue weighted by Gasteiger charge is 2.25. The first kappa shape index (κ1) is 25.6. The van der Waals surface area contributed by atoms with Gasteiger partial charge in [0.25, 0.3) is 11.6 Å². The van der Waals surface area contributed by atoms with Crippen LogP contribution < -0.4 is 20.3 Å². The van der Waals surface area contributed by atoms with Crippen molar-refractivity contribution < 1.29 is 33.1 Å². The second kappa shape index (κ2) is 12.4. The molecule has 1 aromatic carbocycles. The van der Waals surface area contributed by atoms with Gasteiger partial charge in [-0.1, -0.05) is 13.8 Å². The van der Waals surface area contributed by atoms with Gasteiger partial charge in [0.2, 0.25) is 0 Å². The van der Waals surface area contributed by atoms with Gasteiger partial charge in [0.1, 0.15) is 17.9 Å². The van der Waals surface area contributed by atoms with Crippen LogP contribution in [0.3, 0.4) is 0 Å². The van der Waals surface area contributed by atoms with E-state index in [0.29, 0.717) is 12.3 Å². The maximum atomic E-state index is 12.6. The Kier molecular flexibility index (Phi) is 9.63. The Morgan fingerprint density at radius 3 is 2.36 bits per heavy atom. The fourth-order valence-corrected chi connectivity index (χ4v) is 2.88. The molecule has 0 saturated heterocycles. The Hall–Kier alpha value is -3.64. The van der Waals surface area contributed by atoms with Crippen LogP contribution in [0.4, 0.5) is 5.69 Å². The molecule has 0 saturated carbocycles. The Morgan fingerprint density at radius 2 is 1.76 bits per heavy atom. The second-order valence-corrected chi connectivity index (χ2v) is 6.75. The molecule has 0 aliphatic rings. The summed E-state index contributed by atoms with van der Waals surface area (Å²) in [5.74, 6) is -0.834. The molecule has 0 unspecified atom stereocenters. The summed E-state index contributed by atoms with van der Waals surface area (Å²) in [6.07, 6.45) is 0. The quantitative estimate of drug-likeness (QED) is 0.274. The Labute approximate surface area is 190 Å². The number of rotatable bonds is 12. The standard InChI is InChI=1S/C21H28N4O8/c1-5-24(6-2)13-14-7-8-17(33-14)21(27)23-22-20(26)15-11-18(31-4)19(32-10-9-30-3)12-16(15)25(28)29/h7-8,11-12H,5-6,9-10,13H2,1-4H3,(H,22,26)(H,23,27). The molecule has 0 radical (unpaired) electrons. The summed E-state index contributed by atoms with van der Waals surface area (Å²) in [6, 6.07) is 5.40. The number of nitro groups is 1. The van der Waals surface area contributed by atoms with Crippen LogP contribution in [-0.2, 0) is 11.3 Å². The number of methoxy groups -OCH3 is 2. The van der Waals surface area contributed by atoms with Crippen molar-refractivity contribution in [1.29, 1.82) is 0 Å². The third-order valence-electron chi connectivity index (χ3n) is 4.72.